The summed E-state index contributed by atoms with van der Waals surface area (Å²) >= 11 is 3.58. The van der Waals surface area contributed by atoms with Gasteiger partial charge in [0, 0.05) is 11.4 Å². The fraction of sp³-hybridized carbons (Fsp3) is 0.533. The summed E-state index contributed by atoms with van der Waals surface area (Å²) in [7, 11) is 1.63. The van der Waals surface area contributed by atoms with Gasteiger partial charge in [0.25, 0.3) is 0 Å². The molecule has 3 nitrogen and oxygen atoms in total. The summed E-state index contributed by atoms with van der Waals surface area (Å²) in [4.78, 5) is 12.2. The maximum absolute atomic E-state index is 11.8. The molecule has 1 aromatic carbocycles. The lowest BCUT2D eigenvalue weighted by Crippen LogP contribution is -2.31. The standard InChI is InChI=1S/C15H22BrNO2/c1-11(2)7-13(16)10-17-15(18)9-12-5-4-6-14(8-12)19-3/h4-6,8,11,13H,7,9-10H2,1-3H3,(H,17,18). The van der Waals surface area contributed by atoms with Crippen molar-refractivity contribution in [3.63, 3.8) is 0 Å². The van der Waals surface area contributed by atoms with Crippen LogP contribution in [0.1, 0.15) is 25.8 Å². The maximum Gasteiger partial charge on any atom is 0.224 e. The van der Waals surface area contributed by atoms with Crippen LogP contribution in [0.5, 0.6) is 5.75 Å². The fourth-order valence-corrected chi connectivity index (χ4v) is 2.76. The molecular formula is C15H22BrNO2. The van der Waals surface area contributed by atoms with Gasteiger partial charge in [0.15, 0.2) is 0 Å². The monoisotopic (exact) mass is 327 g/mol. The number of hydrogen-bond acceptors (Lipinski definition) is 2. The summed E-state index contributed by atoms with van der Waals surface area (Å²) in [6.07, 6.45) is 1.44. The average molecular weight is 328 g/mol. The minimum atomic E-state index is 0.0430. The van der Waals surface area contributed by atoms with Gasteiger partial charge in [-0.3, -0.25) is 4.79 Å². The Morgan fingerprint density at radius 1 is 1.42 bits per heavy atom. The third-order valence-corrected chi connectivity index (χ3v) is 3.44. The van der Waals surface area contributed by atoms with Crippen LogP contribution in [0.25, 0.3) is 0 Å². The number of halogens is 1. The van der Waals surface area contributed by atoms with E-state index in [4.69, 9.17) is 4.74 Å². The molecule has 1 rings (SSSR count). The zero-order valence-electron chi connectivity index (χ0n) is 11.8. The molecule has 106 valence electrons. The van der Waals surface area contributed by atoms with Crippen molar-refractivity contribution in [2.75, 3.05) is 13.7 Å². The maximum atomic E-state index is 11.8. The van der Waals surface area contributed by atoms with E-state index in [-0.39, 0.29) is 5.91 Å². The van der Waals surface area contributed by atoms with E-state index in [0.717, 1.165) is 17.7 Å². The van der Waals surface area contributed by atoms with Gasteiger partial charge in [0.05, 0.1) is 13.5 Å². The Kier molecular flexibility index (Phi) is 6.92. The first-order valence-corrected chi connectivity index (χ1v) is 7.46. The highest BCUT2D eigenvalue weighted by Gasteiger charge is 2.09. The predicted molar refractivity (Wildman–Crippen MR) is 81.9 cm³/mol. The number of alkyl halides is 1. The second-order valence-corrected chi connectivity index (χ2v) is 6.35. The molecule has 4 heteroatoms. The van der Waals surface area contributed by atoms with Crippen molar-refractivity contribution in [3.05, 3.63) is 29.8 Å². The first kappa shape index (κ1) is 16.0. The van der Waals surface area contributed by atoms with Gasteiger partial charge < -0.3 is 10.1 Å². The van der Waals surface area contributed by atoms with Gasteiger partial charge in [-0.25, -0.2) is 0 Å². The number of hydrogen-bond donors (Lipinski definition) is 1. The van der Waals surface area contributed by atoms with Crippen molar-refractivity contribution in [1.82, 2.24) is 5.32 Å². The van der Waals surface area contributed by atoms with Crippen LogP contribution in [0.3, 0.4) is 0 Å². The van der Waals surface area contributed by atoms with E-state index >= 15 is 0 Å². The van der Waals surface area contributed by atoms with Crippen LogP contribution in [0.4, 0.5) is 0 Å². The van der Waals surface area contributed by atoms with Gasteiger partial charge in [0.2, 0.25) is 5.91 Å². The number of ether oxygens (including phenoxy) is 1. The molecule has 1 unspecified atom stereocenters. The van der Waals surface area contributed by atoms with Gasteiger partial charge >= 0.3 is 0 Å². The third-order valence-electron chi connectivity index (χ3n) is 2.75. The Morgan fingerprint density at radius 2 is 2.16 bits per heavy atom. The van der Waals surface area contributed by atoms with Crippen LogP contribution in [0.2, 0.25) is 0 Å². The number of carbonyl (C=O) groups is 1. The summed E-state index contributed by atoms with van der Waals surface area (Å²) in [5.41, 5.74) is 0.965. The van der Waals surface area contributed by atoms with Gasteiger partial charge in [-0.2, -0.15) is 0 Å². The summed E-state index contributed by atoms with van der Waals surface area (Å²) in [5.74, 6) is 1.45. The second-order valence-electron chi connectivity index (χ2n) is 5.06. The molecule has 0 fully saturated rings. The Balaban J connectivity index is 2.38. The molecule has 0 spiro atoms. The fourth-order valence-electron chi connectivity index (χ4n) is 1.85. The van der Waals surface area contributed by atoms with Crippen LogP contribution in [0.15, 0.2) is 24.3 Å². The van der Waals surface area contributed by atoms with Crippen molar-refractivity contribution < 1.29 is 9.53 Å². The summed E-state index contributed by atoms with van der Waals surface area (Å²) < 4.78 is 5.14. The molecule has 1 aromatic rings. The molecule has 0 aliphatic rings. The van der Waals surface area contributed by atoms with Crippen molar-refractivity contribution in [2.24, 2.45) is 5.92 Å². The van der Waals surface area contributed by atoms with Gasteiger partial charge in [-0.05, 0) is 30.0 Å². The smallest absolute Gasteiger partial charge is 0.224 e. The van der Waals surface area contributed by atoms with Crippen LogP contribution in [0, 0.1) is 5.92 Å². The molecule has 1 amide bonds. The normalized spacial score (nSPS) is 12.3. The molecule has 0 saturated carbocycles. The second kappa shape index (κ2) is 8.20. The van der Waals surface area contributed by atoms with Crippen LogP contribution < -0.4 is 10.1 Å². The average Bonchev–Trinajstić information content (AvgIpc) is 2.36. The molecule has 0 aliphatic carbocycles. The summed E-state index contributed by atoms with van der Waals surface area (Å²) in [6.45, 7) is 5.01. The largest absolute Gasteiger partial charge is 0.497 e. The predicted octanol–water partition coefficient (Wildman–Crippen LogP) is 3.16. The number of benzene rings is 1. The quantitative estimate of drug-likeness (QED) is 0.781. The number of rotatable bonds is 7. The van der Waals surface area contributed by atoms with E-state index in [0.29, 0.717) is 23.7 Å². The van der Waals surface area contributed by atoms with E-state index < -0.39 is 0 Å². The minimum absolute atomic E-state index is 0.0430. The molecule has 0 heterocycles. The molecule has 0 bridgehead atoms. The van der Waals surface area contributed by atoms with Crippen molar-refractivity contribution >= 4 is 21.8 Å². The first-order chi connectivity index (χ1) is 9.01. The van der Waals surface area contributed by atoms with Gasteiger partial charge in [-0.1, -0.05) is 41.9 Å². The van der Waals surface area contributed by atoms with Crippen molar-refractivity contribution in [2.45, 2.75) is 31.5 Å². The zero-order chi connectivity index (χ0) is 14.3. The van der Waals surface area contributed by atoms with Crippen LogP contribution in [-0.4, -0.2) is 24.4 Å². The molecular weight excluding hydrogens is 306 g/mol. The Labute approximate surface area is 123 Å². The highest BCUT2D eigenvalue weighted by molar-refractivity contribution is 9.09. The molecule has 0 saturated heterocycles. The Morgan fingerprint density at radius 3 is 2.79 bits per heavy atom. The van der Waals surface area contributed by atoms with Gasteiger partial charge in [0.1, 0.15) is 5.75 Å². The van der Waals surface area contributed by atoms with E-state index in [2.05, 4.69) is 35.1 Å². The Hall–Kier alpha value is -1.03. The SMILES string of the molecule is COc1cccc(CC(=O)NCC(Br)CC(C)C)c1. The molecule has 1 atom stereocenters. The molecule has 0 aliphatic heterocycles. The van der Waals surface area contributed by atoms with Gasteiger partial charge in [-0.15, -0.1) is 0 Å². The van der Waals surface area contributed by atoms with E-state index in [1.165, 1.54) is 0 Å². The minimum Gasteiger partial charge on any atom is -0.497 e. The number of methoxy groups -OCH3 is 1. The first-order valence-electron chi connectivity index (χ1n) is 6.55. The highest BCUT2D eigenvalue weighted by Crippen LogP contribution is 2.13. The van der Waals surface area contributed by atoms with Crippen molar-refractivity contribution in [3.8, 4) is 5.75 Å². The number of nitrogens with one attached hydrogen (secondary N) is 1. The van der Waals surface area contributed by atoms with E-state index in [1.807, 2.05) is 24.3 Å². The lowest BCUT2D eigenvalue weighted by Gasteiger charge is -2.13. The summed E-state index contributed by atoms with van der Waals surface area (Å²) in [6, 6.07) is 7.59. The summed E-state index contributed by atoms with van der Waals surface area (Å²) in [5, 5.41) is 2.95. The molecule has 0 radical (unpaired) electrons. The lowest BCUT2D eigenvalue weighted by atomic mass is 10.1. The Bertz CT molecular complexity index is 407. The highest BCUT2D eigenvalue weighted by atomic mass is 79.9. The zero-order valence-corrected chi connectivity index (χ0v) is 13.4. The van der Waals surface area contributed by atoms with E-state index in [9.17, 15) is 4.79 Å². The van der Waals surface area contributed by atoms with Crippen LogP contribution in [-0.2, 0) is 11.2 Å². The number of amides is 1. The van der Waals surface area contributed by atoms with Crippen LogP contribution >= 0.6 is 15.9 Å². The van der Waals surface area contributed by atoms with E-state index in [1.54, 1.807) is 7.11 Å². The topological polar surface area (TPSA) is 38.3 Å². The number of carbonyl (C=O) groups excluding carboxylic acids is 1. The molecule has 19 heavy (non-hydrogen) atoms. The van der Waals surface area contributed by atoms with Crippen molar-refractivity contribution in [1.29, 1.82) is 0 Å². The molecule has 1 N–H and O–H groups in total. The lowest BCUT2D eigenvalue weighted by molar-refractivity contribution is -0.120. The molecule has 0 aromatic heterocycles. The third kappa shape index (κ3) is 6.62.